The summed E-state index contributed by atoms with van der Waals surface area (Å²) in [5.41, 5.74) is 0.851. The molecule has 7 nitrogen and oxygen atoms in total. The van der Waals surface area contributed by atoms with Crippen LogP contribution in [0.4, 0.5) is 0 Å². The number of benzene rings is 2. The lowest BCUT2D eigenvalue weighted by Crippen LogP contribution is -2.46. The van der Waals surface area contributed by atoms with Crippen LogP contribution in [0.25, 0.3) is 0 Å². The van der Waals surface area contributed by atoms with Gasteiger partial charge in [0.25, 0.3) is 0 Å². The number of hydrogen-bond acceptors (Lipinski definition) is 6. The second-order valence-electron chi connectivity index (χ2n) is 6.97. The van der Waals surface area contributed by atoms with Gasteiger partial charge >= 0.3 is 0 Å². The molecule has 1 heterocycles. The van der Waals surface area contributed by atoms with E-state index in [1.807, 2.05) is 44.2 Å². The van der Waals surface area contributed by atoms with Gasteiger partial charge in [0.05, 0.1) is 7.11 Å². The molecule has 8 heteroatoms. The normalized spacial score (nSPS) is 19.9. The van der Waals surface area contributed by atoms with Crippen LogP contribution in [-0.2, 0) is 16.4 Å². The van der Waals surface area contributed by atoms with E-state index in [9.17, 15) is 8.42 Å². The predicted molar refractivity (Wildman–Crippen MR) is 106 cm³/mol. The summed E-state index contributed by atoms with van der Waals surface area (Å²) in [5, 5.41) is 8.72. The standard InChI is InChI=1S/C20H26N2O5S/c1-13(10-15-8-9-18(25-3)20(11-15)28(21,23)24)22-12-19-14(2)26-16-6-4-5-7-17(16)27-19/h4-9,11,13-14,19,22H,10,12H2,1-3H3,(H2,21,23,24)/t13-,14-,19+/m1/s1. The summed E-state index contributed by atoms with van der Waals surface area (Å²) in [4.78, 5) is -0.00561. The first kappa shape index (κ1) is 20.4. The van der Waals surface area contributed by atoms with Gasteiger partial charge in [0, 0.05) is 12.6 Å². The summed E-state index contributed by atoms with van der Waals surface area (Å²) in [6.07, 6.45) is 0.434. The molecule has 28 heavy (non-hydrogen) atoms. The molecular weight excluding hydrogens is 380 g/mol. The number of ether oxygens (including phenoxy) is 3. The van der Waals surface area contributed by atoms with Crippen LogP contribution < -0.4 is 24.7 Å². The fourth-order valence-corrected chi connectivity index (χ4v) is 3.95. The van der Waals surface area contributed by atoms with Crippen molar-refractivity contribution in [3.05, 3.63) is 48.0 Å². The third kappa shape index (κ3) is 4.76. The molecule has 3 rings (SSSR count). The molecule has 0 aliphatic carbocycles. The summed E-state index contributed by atoms with van der Waals surface area (Å²) in [7, 11) is -2.43. The van der Waals surface area contributed by atoms with E-state index in [4.69, 9.17) is 19.3 Å². The zero-order valence-corrected chi connectivity index (χ0v) is 17.0. The first-order valence-corrected chi connectivity index (χ1v) is 10.7. The Morgan fingerprint density at radius 3 is 2.50 bits per heavy atom. The van der Waals surface area contributed by atoms with Crippen LogP contribution in [-0.4, -0.2) is 40.3 Å². The minimum absolute atomic E-state index is 0.00561. The number of nitrogens with one attached hydrogen (secondary N) is 1. The van der Waals surface area contributed by atoms with Crippen molar-refractivity contribution in [1.29, 1.82) is 0 Å². The van der Waals surface area contributed by atoms with Crippen molar-refractivity contribution >= 4 is 10.0 Å². The second kappa shape index (κ2) is 8.38. The molecule has 0 saturated carbocycles. The van der Waals surface area contributed by atoms with Crippen molar-refractivity contribution in [1.82, 2.24) is 5.32 Å². The van der Waals surface area contributed by atoms with Crippen molar-refractivity contribution in [2.75, 3.05) is 13.7 Å². The van der Waals surface area contributed by atoms with E-state index in [1.165, 1.54) is 7.11 Å². The number of sulfonamides is 1. The molecule has 1 aliphatic heterocycles. The highest BCUT2D eigenvalue weighted by Gasteiger charge is 2.28. The smallest absolute Gasteiger partial charge is 0.241 e. The molecule has 2 aromatic carbocycles. The van der Waals surface area contributed by atoms with Crippen molar-refractivity contribution in [2.24, 2.45) is 5.14 Å². The SMILES string of the molecule is COc1ccc(C[C@@H](C)NC[C@@H]2Oc3ccccc3O[C@@H]2C)cc1S(N)(=O)=O. The zero-order valence-electron chi connectivity index (χ0n) is 16.2. The van der Waals surface area contributed by atoms with E-state index in [1.54, 1.807) is 12.1 Å². The van der Waals surface area contributed by atoms with Gasteiger partial charge in [-0.25, -0.2) is 13.6 Å². The van der Waals surface area contributed by atoms with Crippen molar-refractivity contribution in [3.63, 3.8) is 0 Å². The molecule has 0 spiro atoms. The number of fused-ring (bicyclic) bond motifs is 1. The lowest BCUT2D eigenvalue weighted by molar-refractivity contribution is 0.0307. The number of primary sulfonamides is 1. The minimum Gasteiger partial charge on any atom is -0.495 e. The molecule has 2 aromatic rings. The van der Waals surface area contributed by atoms with Crippen LogP contribution in [0, 0.1) is 0 Å². The molecule has 0 unspecified atom stereocenters. The molecule has 0 bridgehead atoms. The minimum atomic E-state index is -3.85. The predicted octanol–water partition coefficient (Wildman–Crippen LogP) is 2.09. The van der Waals surface area contributed by atoms with Crippen LogP contribution in [0.5, 0.6) is 17.2 Å². The fraction of sp³-hybridized carbons (Fsp3) is 0.400. The van der Waals surface area contributed by atoms with Crippen LogP contribution in [0.2, 0.25) is 0 Å². The van der Waals surface area contributed by atoms with Gasteiger partial charge in [-0.3, -0.25) is 0 Å². The molecule has 0 fully saturated rings. The van der Waals surface area contributed by atoms with E-state index < -0.39 is 10.0 Å². The van der Waals surface area contributed by atoms with Crippen LogP contribution >= 0.6 is 0 Å². The first-order chi connectivity index (χ1) is 13.3. The van der Waals surface area contributed by atoms with Gasteiger partial charge in [-0.15, -0.1) is 0 Å². The highest BCUT2D eigenvalue weighted by Crippen LogP contribution is 2.33. The van der Waals surface area contributed by atoms with Crippen molar-refractivity contribution < 1.29 is 22.6 Å². The number of methoxy groups -OCH3 is 1. The lowest BCUT2D eigenvalue weighted by Gasteiger charge is -2.32. The number of para-hydroxylation sites is 2. The summed E-state index contributed by atoms with van der Waals surface area (Å²) in [6, 6.07) is 12.7. The van der Waals surface area contributed by atoms with Gasteiger partial charge in [-0.1, -0.05) is 18.2 Å². The Bertz CT molecular complexity index is 932. The third-order valence-corrected chi connectivity index (χ3v) is 5.64. The molecule has 0 radical (unpaired) electrons. The quantitative estimate of drug-likeness (QED) is 0.730. The van der Waals surface area contributed by atoms with Crippen LogP contribution in [0.15, 0.2) is 47.4 Å². The Morgan fingerprint density at radius 1 is 1.18 bits per heavy atom. The Kier molecular flexibility index (Phi) is 6.12. The molecule has 0 aromatic heterocycles. The average Bonchev–Trinajstić information content (AvgIpc) is 2.65. The number of hydrogen-bond donors (Lipinski definition) is 2. The summed E-state index contributed by atoms with van der Waals surface area (Å²) < 4.78 is 40.6. The molecule has 3 atom stereocenters. The number of nitrogens with two attached hydrogens (primary N) is 1. The van der Waals surface area contributed by atoms with E-state index in [0.29, 0.717) is 13.0 Å². The van der Waals surface area contributed by atoms with Crippen LogP contribution in [0.1, 0.15) is 19.4 Å². The maximum absolute atomic E-state index is 11.8. The summed E-state index contributed by atoms with van der Waals surface area (Å²) in [6.45, 7) is 4.62. The Hall–Kier alpha value is -2.29. The molecule has 3 N–H and O–H groups in total. The van der Waals surface area contributed by atoms with Gasteiger partial charge in [0.15, 0.2) is 11.5 Å². The van der Waals surface area contributed by atoms with E-state index >= 15 is 0 Å². The first-order valence-electron chi connectivity index (χ1n) is 9.13. The van der Waals surface area contributed by atoms with Gasteiger partial charge in [-0.05, 0) is 50.1 Å². The molecule has 152 valence electrons. The van der Waals surface area contributed by atoms with Crippen molar-refractivity contribution in [2.45, 2.75) is 43.4 Å². The van der Waals surface area contributed by atoms with Crippen LogP contribution in [0.3, 0.4) is 0 Å². The highest BCUT2D eigenvalue weighted by molar-refractivity contribution is 7.89. The third-order valence-electron chi connectivity index (χ3n) is 4.71. The average molecular weight is 407 g/mol. The Morgan fingerprint density at radius 2 is 1.86 bits per heavy atom. The maximum Gasteiger partial charge on any atom is 0.241 e. The monoisotopic (exact) mass is 406 g/mol. The number of rotatable bonds is 7. The molecular formula is C20H26N2O5S. The van der Waals surface area contributed by atoms with Crippen molar-refractivity contribution in [3.8, 4) is 17.2 Å². The summed E-state index contributed by atoms with van der Waals surface area (Å²) >= 11 is 0. The highest BCUT2D eigenvalue weighted by atomic mass is 32.2. The molecule has 1 aliphatic rings. The summed E-state index contributed by atoms with van der Waals surface area (Å²) in [5.74, 6) is 1.74. The topological polar surface area (TPSA) is 99.9 Å². The van der Waals surface area contributed by atoms with E-state index in [0.717, 1.165) is 17.1 Å². The maximum atomic E-state index is 11.8. The zero-order chi connectivity index (χ0) is 20.3. The van der Waals surface area contributed by atoms with Gasteiger partial charge in [-0.2, -0.15) is 0 Å². The van der Waals surface area contributed by atoms with E-state index in [2.05, 4.69) is 5.32 Å². The van der Waals surface area contributed by atoms with E-state index in [-0.39, 0.29) is 28.9 Å². The largest absolute Gasteiger partial charge is 0.495 e. The van der Waals surface area contributed by atoms with Gasteiger partial charge in [0.2, 0.25) is 10.0 Å². The lowest BCUT2D eigenvalue weighted by atomic mass is 10.1. The Labute approximate surface area is 165 Å². The molecule has 0 amide bonds. The van der Waals surface area contributed by atoms with Gasteiger partial charge in [0.1, 0.15) is 22.9 Å². The Balaban J connectivity index is 1.61. The fourth-order valence-electron chi connectivity index (χ4n) is 3.20. The second-order valence-corrected chi connectivity index (χ2v) is 8.50. The van der Waals surface area contributed by atoms with Gasteiger partial charge < -0.3 is 19.5 Å². The molecule has 0 saturated heterocycles.